The highest BCUT2D eigenvalue weighted by Gasteiger charge is 2.36. The van der Waals surface area contributed by atoms with Crippen LogP contribution in [0.25, 0.3) is 0 Å². The highest BCUT2D eigenvalue weighted by atomic mass is 16.5. The fraction of sp³-hybridized carbons (Fsp3) is 0.824. The lowest BCUT2D eigenvalue weighted by Crippen LogP contribution is -2.34. The van der Waals surface area contributed by atoms with E-state index in [0.29, 0.717) is 24.1 Å². The normalized spacial score (nSPS) is 22.9. The maximum absolute atomic E-state index is 12.2. The predicted octanol–water partition coefficient (Wildman–Crippen LogP) is 2.95. The molecule has 0 aliphatic heterocycles. The van der Waals surface area contributed by atoms with E-state index in [-0.39, 0.29) is 11.9 Å². The van der Waals surface area contributed by atoms with Crippen LogP contribution in [0.4, 0.5) is 0 Å². The molecule has 1 atom stereocenters. The molecule has 1 heterocycles. The summed E-state index contributed by atoms with van der Waals surface area (Å²) in [7, 11) is 0. The van der Waals surface area contributed by atoms with E-state index in [4.69, 9.17) is 10.3 Å². The van der Waals surface area contributed by atoms with Gasteiger partial charge in [-0.15, -0.1) is 0 Å². The Kier molecular flexibility index (Phi) is 4.99. The number of carbonyl (C=O) groups is 1. The van der Waals surface area contributed by atoms with Gasteiger partial charge in [-0.05, 0) is 38.5 Å². The maximum atomic E-state index is 12.2. The van der Waals surface area contributed by atoms with Crippen LogP contribution < -0.4 is 11.1 Å². The Balaban J connectivity index is 1.54. The minimum Gasteiger partial charge on any atom is -0.345 e. The molecule has 128 valence electrons. The second-order valence-corrected chi connectivity index (χ2v) is 7.32. The van der Waals surface area contributed by atoms with Gasteiger partial charge in [0.25, 0.3) is 0 Å². The van der Waals surface area contributed by atoms with Crippen LogP contribution in [-0.2, 0) is 10.3 Å². The number of nitrogens with one attached hydrogen (secondary N) is 1. The summed E-state index contributed by atoms with van der Waals surface area (Å²) in [6, 6.07) is -0.266. The molecule has 0 bridgehead atoms. The fourth-order valence-corrected chi connectivity index (χ4v) is 3.86. The topological polar surface area (TPSA) is 94.0 Å². The number of amides is 1. The van der Waals surface area contributed by atoms with Gasteiger partial charge in [-0.1, -0.05) is 37.3 Å². The summed E-state index contributed by atoms with van der Waals surface area (Å²) in [5.41, 5.74) is 5.90. The molecule has 2 saturated carbocycles. The zero-order valence-electron chi connectivity index (χ0n) is 14.0. The van der Waals surface area contributed by atoms with E-state index in [1.165, 1.54) is 32.1 Å². The van der Waals surface area contributed by atoms with Gasteiger partial charge in [0, 0.05) is 6.42 Å². The monoisotopic (exact) mass is 320 g/mol. The zero-order chi connectivity index (χ0) is 16.3. The van der Waals surface area contributed by atoms with Crippen molar-refractivity contribution in [1.29, 1.82) is 0 Å². The Morgan fingerprint density at radius 1 is 1.30 bits per heavy atom. The van der Waals surface area contributed by atoms with E-state index in [2.05, 4.69) is 15.5 Å². The van der Waals surface area contributed by atoms with Gasteiger partial charge in [0.15, 0.2) is 5.82 Å². The maximum Gasteiger partial charge on any atom is 0.248 e. The van der Waals surface area contributed by atoms with Gasteiger partial charge in [-0.3, -0.25) is 4.79 Å². The van der Waals surface area contributed by atoms with Crippen molar-refractivity contribution in [3.05, 3.63) is 11.7 Å². The fourth-order valence-electron chi connectivity index (χ4n) is 3.86. The summed E-state index contributed by atoms with van der Waals surface area (Å²) < 4.78 is 5.34. The average Bonchev–Trinajstić information content (AvgIpc) is 3.18. The predicted molar refractivity (Wildman–Crippen MR) is 86.4 cm³/mol. The first-order valence-corrected chi connectivity index (χ1v) is 8.99. The first-order chi connectivity index (χ1) is 11.1. The Morgan fingerprint density at radius 2 is 2.00 bits per heavy atom. The van der Waals surface area contributed by atoms with E-state index in [1.54, 1.807) is 0 Å². The van der Waals surface area contributed by atoms with Crippen LogP contribution in [0.3, 0.4) is 0 Å². The van der Waals surface area contributed by atoms with Crippen molar-refractivity contribution in [2.45, 2.75) is 82.7 Å². The molecule has 1 unspecified atom stereocenters. The molecule has 3 rings (SSSR count). The number of hydrogen-bond acceptors (Lipinski definition) is 5. The van der Waals surface area contributed by atoms with Crippen LogP contribution in [0.1, 0.15) is 88.9 Å². The van der Waals surface area contributed by atoms with Crippen molar-refractivity contribution in [1.82, 2.24) is 15.5 Å². The van der Waals surface area contributed by atoms with Crippen molar-refractivity contribution in [3.8, 4) is 0 Å². The summed E-state index contributed by atoms with van der Waals surface area (Å²) in [5, 5.41) is 7.04. The molecule has 6 nitrogen and oxygen atoms in total. The Morgan fingerprint density at radius 3 is 2.70 bits per heavy atom. The van der Waals surface area contributed by atoms with E-state index in [0.717, 1.165) is 25.7 Å². The van der Waals surface area contributed by atoms with Crippen LogP contribution >= 0.6 is 0 Å². The first kappa shape index (κ1) is 16.4. The SMILES string of the molecule is CC(NC(=O)CC1CCCCC1)c1nc(C2(N)CCCC2)no1. The quantitative estimate of drug-likeness (QED) is 0.870. The van der Waals surface area contributed by atoms with Gasteiger partial charge < -0.3 is 15.6 Å². The molecule has 1 amide bonds. The molecule has 0 radical (unpaired) electrons. The first-order valence-electron chi connectivity index (χ1n) is 8.99. The second kappa shape index (κ2) is 6.99. The van der Waals surface area contributed by atoms with E-state index in [1.807, 2.05) is 6.92 Å². The molecule has 3 N–H and O–H groups in total. The smallest absolute Gasteiger partial charge is 0.248 e. The standard InChI is InChI=1S/C17H28N4O2/c1-12(19-14(22)11-13-7-3-2-4-8-13)15-20-16(21-23-15)17(18)9-5-6-10-17/h12-13H,2-11,18H2,1H3,(H,19,22). The van der Waals surface area contributed by atoms with Crippen LogP contribution in [0, 0.1) is 5.92 Å². The van der Waals surface area contributed by atoms with Crippen LogP contribution in [-0.4, -0.2) is 16.0 Å². The van der Waals surface area contributed by atoms with Crippen molar-refractivity contribution in [2.75, 3.05) is 0 Å². The van der Waals surface area contributed by atoms with Crippen molar-refractivity contribution >= 4 is 5.91 Å². The number of aromatic nitrogens is 2. The lowest BCUT2D eigenvalue weighted by atomic mass is 9.87. The minimum atomic E-state index is -0.451. The van der Waals surface area contributed by atoms with Crippen molar-refractivity contribution < 1.29 is 9.32 Å². The molecule has 2 aliphatic rings. The minimum absolute atomic E-state index is 0.0764. The molecule has 6 heteroatoms. The summed E-state index contributed by atoms with van der Waals surface area (Å²) in [4.78, 5) is 16.6. The summed E-state index contributed by atoms with van der Waals surface area (Å²) >= 11 is 0. The molecule has 0 saturated heterocycles. The van der Waals surface area contributed by atoms with Gasteiger partial charge >= 0.3 is 0 Å². The number of rotatable bonds is 5. The molecule has 2 fully saturated rings. The summed E-state index contributed by atoms with van der Waals surface area (Å²) in [6.07, 6.45) is 10.7. The molecular weight excluding hydrogens is 292 g/mol. The highest BCUT2D eigenvalue weighted by molar-refractivity contribution is 5.76. The van der Waals surface area contributed by atoms with E-state index in [9.17, 15) is 4.79 Å². The third-order valence-corrected chi connectivity index (χ3v) is 5.33. The van der Waals surface area contributed by atoms with Gasteiger partial charge in [0.05, 0.1) is 5.54 Å². The second-order valence-electron chi connectivity index (χ2n) is 7.32. The summed E-state index contributed by atoms with van der Waals surface area (Å²) in [5.74, 6) is 1.64. The molecule has 1 aromatic heterocycles. The molecule has 0 aromatic carbocycles. The highest BCUT2D eigenvalue weighted by Crippen LogP contribution is 2.35. The lowest BCUT2D eigenvalue weighted by molar-refractivity contribution is -0.123. The number of hydrogen-bond donors (Lipinski definition) is 2. The average molecular weight is 320 g/mol. The number of nitrogens with zero attached hydrogens (tertiary/aromatic N) is 2. The van der Waals surface area contributed by atoms with Gasteiger partial charge in [0.1, 0.15) is 6.04 Å². The molecule has 0 spiro atoms. The van der Waals surface area contributed by atoms with Crippen LogP contribution in [0.5, 0.6) is 0 Å². The van der Waals surface area contributed by atoms with Crippen LogP contribution in [0.15, 0.2) is 4.52 Å². The Hall–Kier alpha value is -1.43. The molecule has 23 heavy (non-hydrogen) atoms. The van der Waals surface area contributed by atoms with Crippen molar-refractivity contribution in [2.24, 2.45) is 11.7 Å². The van der Waals surface area contributed by atoms with Gasteiger partial charge in [-0.25, -0.2) is 0 Å². The summed E-state index contributed by atoms with van der Waals surface area (Å²) in [6.45, 7) is 1.88. The lowest BCUT2D eigenvalue weighted by Gasteiger charge is -2.21. The Labute approximate surface area is 137 Å². The van der Waals surface area contributed by atoms with Gasteiger partial charge in [0.2, 0.25) is 11.8 Å². The number of carbonyl (C=O) groups excluding carboxylic acids is 1. The zero-order valence-corrected chi connectivity index (χ0v) is 14.0. The third kappa shape index (κ3) is 3.91. The van der Waals surface area contributed by atoms with Gasteiger partial charge in [-0.2, -0.15) is 4.98 Å². The van der Waals surface area contributed by atoms with E-state index < -0.39 is 5.54 Å². The largest absolute Gasteiger partial charge is 0.345 e. The molecule has 2 aliphatic carbocycles. The Bertz CT molecular complexity index is 530. The molecular formula is C17H28N4O2. The number of nitrogens with two attached hydrogens (primary N) is 1. The van der Waals surface area contributed by atoms with Crippen LogP contribution in [0.2, 0.25) is 0 Å². The van der Waals surface area contributed by atoms with E-state index >= 15 is 0 Å². The van der Waals surface area contributed by atoms with Crippen molar-refractivity contribution in [3.63, 3.8) is 0 Å². The third-order valence-electron chi connectivity index (χ3n) is 5.33. The molecule has 1 aromatic rings.